The van der Waals surface area contributed by atoms with Crippen LogP contribution in [-0.2, 0) is 14.3 Å². The van der Waals surface area contributed by atoms with Gasteiger partial charge in [-0.05, 0) is 32.1 Å². The lowest BCUT2D eigenvalue weighted by molar-refractivity contribution is -0.124. The van der Waals surface area contributed by atoms with Crippen LogP contribution < -0.4 is 5.32 Å². The molecule has 0 bridgehead atoms. The van der Waals surface area contributed by atoms with E-state index in [1.165, 1.54) is 0 Å². The minimum absolute atomic E-state index is 0.162. The van der Waals surface area contributed by atoms with Gasteiger partial charge < -0.3 is 14.8 Å². The number of hydrogen-bond acceptors (Lipinski definition) is 3. The van der Waals surface area contributed by atoms with Crippen molar-refractivity contribution in [2.45, 2.75) is 38.7 Å². The monoisotopic (exact) mass is 321 g/mol. The Balaban J connectivity index is 1.89. The van der Waals surface area contributed by atoms with E-state index >= 15 is 0 Å². The van der Waals surface area contributed by atoms with Gasteiger partial charge in [0.15, 0.2) is 0 Å². The lowest BCUT2D eigenvalue weighted by atomic mass is 9.80. The lowest BCUT2D eigenvalue weighted by Gasteiger charge is -2.34. The summed E-state index contributed by atoms with van der Waals surface area (Å²) >= 11 is 3.29. The van der Waals surface area contributed by atoms with Gasteiger partial charge in [0.1, 0.15) is 0 Å². The second-order valence-electron chi connectivity index (χ2n) is 4.62. The van der Waals surface area contributed by atoms with E-state index in [1.807, 2.05) is 6.92 Å². The van der Waals surface area contributed by atoms with Crippen LogP contribution in [0.5, 0.6) is 0 Å². The molecular formula is C13H24BrNO3. The number of ether oxygens (including phenoxy) is 2. The molecule has 0 spiro atoms. The summed E-state index contributed by atoms with van der Waals surface area (Å²) in [5.74, 6) is 0.682. The summed E-state index contributed by atoms with van der Waals surface area (Å²) in [4.78, 5) is 11.6. The fraction of sp³-hybridized carbons (Fsp3) is 0.923. The number of halogens is 1. The highest BCUT2D eigenvalue weighted by Crippen LogP contribution is 2.32. The van der Waals surface area contributed by atoms with Gasteiger partial charge in [0.25, 0.3) is 0 Å². The molecule has 1 aliphatic carbocycles. The summed E-state index contributed by atoms with van der Waals surface area (Å²) in [5, 5.41) is 3.80. The Kier molecular flexibility index (Phi) is 8.63. The summed E-state index contributed by atoms with van der Waals surface area (Å²) in [5.41, 5.74) is 0. The van der Waals surface area contributed by atoms with Crippen molar-refractivity contribution in [1.29, 1.82) is 0 Å². The van der Waals surface area contributed by atoms with Crippen LogP contribution in [0.2, 0.25) is 0 Å². The molecule has 1 saturated carbocycles. The van der Waals surface area contributed by atoms with Gasteiger partial charge in [0.2, 0.25) is 5.91 Å². The largest absolute Gasteiger partial charge is 0.381 e. The van der Waals surface area contributed by atoms with Crippen LogP contribution in [0.3, 0.4) is 0 Å². The third-order valence-corrected chi connectivity index (χ3v) is 3.40. The quantitative estimate of drug-likeness (QED) is 0.495. The normalized spacial score (nSPS) is 22.6. The number of carbonyl (C=O) groups is 1. The Hall–Kier alpha value is -0.130. The van der Waals surface area contributed by atoms with Crippen molar-refractivity contribution >= 4 is 21.8 Å². The molecule has 18 heavy (non-hydrogen) atoms. The zero-order valence-electron chi connectivity index (χ0n) is 11.1. The number of carbonyl (C=O) groups excluding carboxylic acids is 1. The molecule has 0 aromatic heterocycles. The molecule has 1 amide bonds. The topological polar surface area (TPSA) is 47.6 Å². The van der Waals surface area contributed by atoms with E-state index in [0.717, 1.165) is 37.8 Å². The Morgan fingerprint density at radius 3 is 2.83 bits per heavy atom. The molecule has 1 aliphatic rings. The van der Waals surface area contributed by atoms with E-state index in [9.17, 15) is 4.79 Å². The highest BCUT2D eigenvalue weighted by atomic mass is 79.9. The summed E-state index contributed by atoms with van der Waals surface area (Å²) in [7, 11) is 0. The molecular weight excluding hydrogens is 298 g/mol. The summed E-state index contributed by atoms with van der Waals surface area (Å²) in [6, 6.07) is 0. The molecule has 0 unspecified atom stereocenters. The Morgan fingerprint density at radius 2 is 2.17 bits per heavy atom. The van der Waals surface area contributed by atoms with Crippen LogP contribution in [0, 0.1) is 5.92 Å². The summed E-state index contributed by atoms with van der Waals surface area (Å²) < 4.78 is 10.8. The van der Waals surface area contributed by atoms with Gasteiger partial charge in [-0.3, -0.25) is 4.79 Å². The molecule has 0 heterocycles. The maximum atomic E-state index is 11.6. The van der Waals surface area contributed by atoms with Crippen molar-refractivity contribution in [3.8, 4) is 0 Å². The Bertz CT molecular complexity index is 232. The van der Waals surface area contributed by atoms with Crippen molar-refractivity contribution < 1.29 is 14.3 Å². The van der Waals surface area contributed by atoms with Gasteiger partial charge in [0.05, 0.1) is 12.7 Å². The molecule has 0 aromatic carbocycles. The molecule has 0 radical (unpaired) electrons. The molecule has 0 aliphatic heterocycles. The first-order valence-electron chi connectivity index (χ1n) is 6.78. The van der Waals surface area contributed by atoms with Crippen molar-refractivity contribution in [3.05, 3.63) is 0 Å². The number of nitrogens with one attached hydrogen (secondary N) is 1. The van der Waals surface area contributed by atoms with Crippen LogP contribution in [0.4, 0.5) is 0 Å². The maximum Gasteiger partial charge on any atom is 0.220 e. The minimum Gasteiger partial charge on any atom is -0.381 e. The van der Waals surface area contributed by atoms with Crippen LogP contribution in [0.15, 0.2) is 0 Å². The highest BCUT2D eigenvalue weighted by molar-refractivity contribution is 9.09. The SMILES string of the molecule is CCOC1CC(CC(=O)NCCCOCCBr)C1. The number of amides is 1. The first-order valence-corrected chi connectivity index (χ1v) is 7.90. The van der Waals surface area contributed by atoms with E-state index in [2.05, 4.69) is 21.2 Å². The van der Waals surface area contributed by atoms with Gasteiger partial charge in [0, 0.05) is 31.5 Å². The van der Waals surface area contributed by atoms with Crippen molar-refractivity contribution in [1.82, 2.24) is 5.32 Å². The summed E-state index contributed by atoms with van der Waals surface area (Å²) in [6.45, 7) is 4.94. The molecule has 4 nitrogen and oxygen atoms in total. The molecule has 106 valence electrons. The zero-order chi connectivity index (χ0) is 13.2. The fourth-order valence-electron chi connectivity index (χ4n) is 2.11. The van der Waals surface area contributed by atoms with Crippen LogP contribution >= 0.6 is 15.9 Å². The smallest absolute Gasteiger partial charge is 0.220 e. The first kappa shape index (κ1) is 15.9. The molecule has 1 N–H and O–H groups in total. The van der Waals surface area contributed by atoms with E-state index in [0.29, 0.717) is 31.6 Å². The molecule has 0 aromatic rings. The van der Waals surface area contributed by atoms with E-state index < -0.39 is 0 Å². The van der Waals surface area contributed by atoms with Crippen molar-refractivity contribution in [2.24, 2.45) is 5.92 Å². The molecule has 1 fully saturated rings. The number of rotatable bonds is 10. The van der Waals surface area contributed by atoms with Crippen molar-refractivity contribution in [3.63, 3.8) is 0 Å². The molecule has 0 saturated heterocycles. The molecule has 1 rings (SSSR count). The molecule has 5 heteroatoms. The van der Waals surface area contributed by atoms with Crippen LogP contribution in [0.25, 0.3) is 0 Å². The second-order valence-corrected chi connectivity index (χ2v) is 5.42. The lowest BCUT2D eigenvalue weighted by Crippen LogP contribution is -2.36. The maximum absolute atomic E-state index is 11.6. The second kappa shape index (κ2) is 9.75. The van der Waals surface area contributed by atoms with Gasteiger partial charge in [-0.2, -0.15) is 0 Å². The predicted molar refractivity (Wildman–Crippen MR) is 75.0 cm³/mol. The summed E-state index contributed by atoms with van der Waals surface area (Å²) in [6.07, 6.45) is 3.99. The third-order valence-electron chi connectivity index (χ3n) is 3.08. The Labute approximate surface area is 118 Å². The average Bonchev–Trinajstić information content (AvgIpc) is 2.31. The first-order chi connectivity index (χ1) is 8.76. The third kappa shape index (κ3) is 6.71. The van der Waals surface area contributed by atoms with E-state index in [1.54, 1.807) is 0 Å². The van der Waals surface area contributed by atoms with Crippen molar-refractivity contribution in [2.75, 3.05) is 31.7 Å². The average molecular weight is 322 g/mol. The molecule has 0 atom stereocenters. The van der Waals surface area contributed by atoms with Gasteiger partial charge >= 0.3 is 0 Å². The van der Waals surface area contributed by atoms with Crippen LogP contribution in [0.1, 0.15) is 32.6 Å². The van der Waals surface area contributed by atoms with Gasteiger partial charge in [-0.25, -0.2) is 0 Å². The van der Waals surface area contributed by atoms with Gasteiger partial charge in [-0.1, -0.05) is 15.9 Å². The standard InChI is InChI=1S/C13H24BrNO3/c1-2-18-12-8-11(9-12)10-13(16)15-5-3-6-17-7-4-14/h11-12H,2-10H2,1H3,(H,15,16). The van der Waals surface area contributed by atoms with E-state index in [-0.39, 0.29) is 5.91 Å². The zero-order valence-corrected chi connectivity index (χ0v) is 12.7. The number of alkyl halides is 1. The predicted octanol–water partition coefficient (Wildman–Crippen LogP) is 2.11. The number of hydrogen-bond donors (Lipinski definition) is 1. The minimum atomic E-state index is 0.162. The fourth-order valence-corrected chi connectivity index (χ4v) is 2.33. The van der Waals surface area contributed by atoms with Crippen LogP contribution in [-0.4, -0.2) is 43.7 Å². The Morgan fingerprint density at radius 1 is 1.39 bits per heavy atom. The highest BCUT2D eigenvalue weighted by Gasteiger charge is 2.30. The van der Waals surface area contributed by atoms with Gasteiger partial charge in [-0.15, -0.1) is 0 Å². The van der Waals surface area contributed by atoms with E-state index in [4.69, 9.17) is 9.47 Å².